The molecule has 2 aliphatic heterocycles. The van der Waals surface area contributed by atoms with Gasteiger partial charge in [-0.15, -0.1) is 11.3 Å². The second kappa shape index (κ2) is 9.56. The van der Waals surface area contributed by atoms with Crippen molar-refractivity contribution in [1.82, 2.24) is 9.88 Å². The number of carbonyl (C=O) groups excluding carboxylic acids is 1. The summed E-state index contributed by atoms with van der Waals surface area (Å²) >= 11 is 1.78. The number of likely N-dealkylation sites (tertiary alicyclic amines) is 1. The molecule has 0 radical (unpaired) electrons. The first-order valence-electron chi connectivity index (χ1n) is 12.6. The van der Waals surface area contributed by atoms with Crippen molar-refractivity contribution in [2.75, 3.05) is 18.8 Å². The smallest absolute Gasteiger partial charge is 0.250 e. The van der Waals surface area contributed by atoms with Crippen LogP contribution in [0.1, 0.15) is 79.1 Å². The summed E-state index contributed by atoms with van der Waals surface area (Å²) in [5, 5.41) is 3.19. The average Bonchev–Trinajstić information content (AvgIpc) is 3.36. The molecule has 35 heavy (non-hydrogen) atoms. The standard InChI is InChI=1S/C27H37N3O3S2/c1-27(2)14-18(7-10-35(27,32)33)24-15-29-25-22(24)12-19(13-23(25)26(28)31)20-11-21(34-17-20)16-30-8-5-3-4-6-9-30/h11-13,15,17-18,29,32-33H,3-10,14,16H2,1-2H3,(H2,28,31). The summed E-state index contributed by atoms with van der Waals surface area (Å²) in [7, 11) is -2.61. The predicted molar refractivity (Wildman–Crippen MR) is 148 cm³/mol. The normalized spacial score (nSPS) is 23.7. The highest BCUT2D eigenvalue weighted by atomic mass is 32.3. The molecule has 2 aromatic heterocycles. The third kappa shape index (κ3) is 4.91. The molecule has 0 bridgehead atoms. The lowest BCUT2D eigenvalue weighted by Crippen LogP contribution is -2.36. The molecule has 4 heterocycles. The molecule has 3 aromatic rings. The second-order valence-electron chi connectivity index (χ2n) is 10.9. The predicted octanol–water partition coefficient (Wildman–Crippen LogP) is 6.78. The lowest BCUT2D eigenvalue weighted by molar-refractivity contribution is 0.100. The Labute approximate surface area is 213 Å². The Morgan fingerprint density at radius 1 is 1.17 bits per heavy atom. The molecular weight excluding hydrogens is 478 g/mol. The van der Waals surface area contributed by atoms with Gasteiger partial charge in [-0.25, -0.2) is 0 Å². The summed E-state index contributed by atoms with van der Waals surface area (Å²) in [4.78, 5) is 19.6. The highest BCUT2D eigenvalue weighted by molar-refractivity contribution is 8.25. The van der Waals surface area contributed by atoms with Gasteiger partial charge in [0.25, 0.3) is 5.91 Å². The van der Waals surface area contributed by atoms with E-state index < -0.39 is 21.2 Å². The molecule has 1 unspecified atom stereocenters. The Bertz CT molecular complexity index is 1220. The molecule has 0 aliphatic carbocycles. The van der Waals surface area contributed by atoms with Crippen LogP contribution in [0.25, 0.3) is 22.0 Å². The third-order valence-corrected chi connectivity index (χ3v) is 11.6. The number of hydrogen-bond donors (Lipinski definition) is 4. The maximum absolute atomic E-state index is 12.4. The highest BCUT2D eigenvalue weighted by Crippen LogP contribution is 2.61. The summed E-state index contributed by atoms with van der Waals surface area (Å²) in [6.45, 7) is 7.20. The van der Waals surface area contributed by atoms with Crippen molar-refractivity contribution in [2.24, 2.45) is 5.73 Å². The van der Waals surface area contributed by atoms with Gasteiger partial charge in [0.1, 0.15) is 0 Å². The summed E-state index contributed by atoms with van der Waals surface area (Å²) < 4.78 is 20.5. The fraction of sp³-hybridized carbons (Fsp3) is 0.519. The van der Waals surface area contributed by atoms with Gasteiger partial charge in [0.15, 0.2) is 0 Å². The first-order valence-corrected chi connectivity index (χ1v) is 15.2. The zero-order chi connectivity index (χ0) is 24.8. The maximum Gasteiger partial charge on any atom is 0.250 e. The molecule has 2 fully saturated rings. The Morgan fingerprint density at radius 2 is 1.91 bits per heavy atom. The SMILES string of the molecule is CC1(C)CC(c2c[nH]c3c(C(N)=O)cc(-c4csc(CN5CCCCCC5)c4)cc23)CCS1(O)O. The molecule has 1 amide bonds. The van der Waals surface area contributed by atoms with Crippen molar-refractivity contribution in [2.45, 2.75) is 69.6 Å². The van der Waals surface area contributed by atoms with E-state index in [-0.39, 0.29) is 5.92 Å². The number of hydrogen-bond acceptors (Lipinski definition) is 5. The van der Waals surface area contributed by atoms with Gasteiger partial charge in [-0.2, -0.15) is 10.6 Å². The summed E-state index contributed by atoms with van der Waals surface area (Å²) in [5.41, 5.74) is 10.3. The number of aromatic nitrogens is 1. The fourth-order valence-corrected chi connectivity index (χ4v) is 8.33. The molecule has 2 saturated heterocycles. The van der Waals surface area contributed by atoms with E-state index >= 15 is 0 Å². The minimum Gasteiger partial charge on any atom is -0.366 e. The van der Waals surface area contributed by atoms with Gasteiger partial charge < -0.3 is 10.7 Å². The molecular formula is C27H37N3O3S2. The van der Waals surface area contributed by atoms with Gasteiger partial charge in [-0.05, 0) is 98.8 Å². The molecule has 190 valence electrons. The van der Waals surface area contributed by atoms with Crippen molar-refractivity contribution in [3.8, 4) is 11.1 Å². The second-order valence-corrected chi connectivity index (χ2v) is 14.7. The van der Waals surface area contributed by atoms with Crippen LogP contribution in [-0.4, -0.2) is 48.5 Å². The Morgan fingerprint density at radius 3 is 2.60 bits per heavy atom. The largest absolute Gasteiger partial charge is 0.366 e. The first-order chi connectivity index (χ1) is 16.6. The van der Waals surface area contributed by atoms with Crippen molar-refractivity contribution in [3.05, 3.63) is 45.8 Å². The molecule has 5 N–H and O–H groups in total. The fourth-order valence-electron chi connectivity index (χ4n) is 5.76. The van der Waals surface area contributed by atoms with E-state index in [4.69, 9.17) is 5.73 Å². The van der Waals surface area contributed by atoms with Gasteiger partial charge in [-0.1, -0.05) is 12.8 Å². The van der Waals surface area contributed by atoms with Crippen LogP contribution < -0.4 is 5.73 Å². The van der Waals surface area contributed by atoms with Crippen LogP contribution in [0.5, 0.6) is 0 Å². The summed E-state index contributed by atoms with van der Waals surface area (Å²) in [5.74, 6) is 0.156. The molecule has 1 aromatic carbocycles. The van der Waals surface area contributed by atoms with Crippen LogP contribution in [0.15, 0.2) is 29.8 Å². The topological polar surface area (TPSA) is 103 Å². The molecule has 0 spiro atoms. The number of fused-ring (bicyclic) bond motifs is 1. The minimum atomic E-state index is -2.61. The number of carbonyl (C=O) groups is 1. The van der Waals surface area contributed by atoms with Crippen LogP contribution in [0.4, 0.5) is 0 Å². The molecule has 8 heteroatoms. The van der Waals surface area contributed by atoms with Crippen molar-refractivity contribution in [3.63, 3.8) is 0 Å². The number of nitrogens with one attached hydrogen (secondary N) is 1. The zero-order valence-corrected chi connectivity index (χ0v) is 22.3. The quantitative estimate of drug-likeness (QED) is 0.301. The number of thiophene rings is 1. The highest BCUT2D eigenvalue weighted by Gasteiger charge is 2.41. The van der Waals surface area contributed by atoms with Gasteiger partial charge in [0, 0.05) is 28.8 Å². The lowest BCUT2D eigenvalue weighted by Gasteiger charge is -2.52. The van der Waals surface area contributed by atoms with E-state index in [2.05, 4.69) is 27.4 Å². The summed E-state index contributed by atoms with van der Waals surface area (Å²) in [6.07, 6.45) is 8.61. The Balaban J connectivity index is 1.48. The number of nitrogens with two attached hydrogens (primary N) is 1. The lowest BCUT2D eigenvalue weighted by atomic mass is 9.86. The van der Waals surface area contributed by atoms with Gasteiger partial charge in [0.2, 0.25) is 0 Å². The van der Waals surface area contributed by atoms with Crippen LogP contribution in [0.3, 0.4) is 0 Å². The number of primary amides is 1. The Hall–Kier alpha value is -1.84. The van der Waals surface area contributed by atoms with Crippen LogP contribution in [0.2, 0.25) is 0 Å². The molecule has 2 aliphatic rings. The number of nitrogens with zero attached hydrogens (tertiary/aromatic N) is 1. The summed E-state index contributed by atoms with van der Waals surface area (Å²) in [6, 6.07) is 6.34. The van der Waals surface area contributed by atoms with Crippen LogP contribution >= 0.6 is 21.9 Å². The van der Waals surface area contributed by atoms with Crippen LogP contribution in [-0.2, 0) is 6.54 Å². The number of H-pyrrole nitrogens is 1. The minimum absolute atomic E-state index is 0.190. The van der Waals surface area contributed by atoms with Gasteiger partial charge in [-0.3, -0.25) is 18.8 Å². The molecule has 6 nitrogen and oxygen atoms in total. The molecule has 1 atom stereocenters. The average molecular weight is 516 g/mol. The van der Waals surface area contributed by atoms with E-state index in [0.29, 0.717) is 24.2 Å². The van der Waals surface area contributed by atoms with E-state index in [1.807, 2.05) is 26.1 Å². The monoisotopic (exact) mass is 515 g/mol. The first kappa shape index (κ1) is 24.8. The molecule has 0 saturated carbocycles. The Kier molecular flexibility index (Phi) is 6.78. The maximum atomic E-state index is 12.4. The van der Waals surface area contributed by atoms with E-state index in [1.165, 1.54) is 43.6 Å². The number of rotatable bonds is 5. The van der Waals surface area contributed by atoms with E-state index in [1.54, 1.807) is 11.3 Å². The van der Waals surface area contributed by atoms with Crippen LogP contribution in [0, 0.1) is 0 Å². The third-order valence-electron chi connectivity index (χ3n) is 7.97. The number of amides is 1. The van der Waals surface area contributed by atoms with E-state index in [0.717, 1.165) is 34.1 Å². The van der Waals surface area contributed by atoms with Crippen molar-refractivity contribution in [1.29, 1.82) is 0 Å². The van der Waals surface area contributed by atoms with Crippen molar-refractivity contribution < 1.29 is 13.9 Å². The van der Waals surface area contributed by atoms with Crippen molar-refractivity contribution >= 4 is 38.7 Å². The van der Waals surface area contributed by atoms with E-state index in [9.17, 15) is 13.9 Å². The zero-order valence-electron chi connectivity index (χ0n) is 20.7. The number of aromatic amines is 1. The van der Waals surface area contributed by atoms with Gasteiger partial charge >= 0.3 is 0 Å². The number of benzene rings is 1. The molecule has 5 rings (SSSR count). The van der Waals surface area contributed by atoms with Gasteiger partial charge in [0.05, 0.1) is 15.8 Å².